The van der Waals surface area contributed by atoms with Crippen LogP contribution in [0.3, 0.4) is 0 Å². The van der Waals surface area contributed by atoms with Gasteiger partial charge in [-0.2, -0.15) is 0 Å². The van der Waals surface area contributed by atoms with Crippen LogP contribution in [0.15, 0.2) is 78.0 Å². The Balaban J connectivity index is 1.51. The molecule has 0 spiro atoms. The van der Waals surface area contributed by atoms with Crippen molar-refractivity contribution in [1.29, 1.82) is 0 Å². The Morgan fingerprint density at radius 3 is 2.59 bits per heavy atom. The second-order valence-electron chi connectivity index (χ2n) is 7.26. The quantitative estimate of drug-likeness (QED) is 0.389. The third-order valence-electron chi connectivity index (χ3n) is 4.94. The smallest absolute Gasteiger partial charge is 0.338 e. The van der Waals surface area contributed by atoms with Gasteiger partial charge in [0.15, 0.2) is 0 Å². The molecule has 0 atom stereocenters. The Hall–Kier alpha value is -3.36. The largest absolute Gasteiger partial charge is 0.456 e. The van der Waals surface area contributed by atoms with Gasteiger partial charge in [0.2, 0.25) is 0 Å². The van der Waals surface area contributed by atoms with Crippen LogP contribution in [0.4, 0.5) is 5.69 Å². The normalized spacial score (nSPS) is 11.5. The van der Waals surface area contributed by atoms with Gasteiger partial charge in [-0.3, -0.25) is 4.31 Å². The Kier molecular flexibility index (Phi) is 5.90. The molecule has 0 fully saturated rings. The van der Waals surface area contributed by atoms with Crippen molar-refractivity contribution in [2.75, 3.05) is 11.4 Å². The first kappa shape index (κ1) is 21.9. The molecule has 2 aromatic heterocycles. The number of benzene rings is 2. The van der Waals surface area contributed by atoms with E-state index in [9.17, 15) is 13.2 Å². The first-order valence-electron chi connectivity index (χ1n) is 9.70. The average molecular weight is 470 g/mol. The minimum absolute atomic E-state index is 0.00241. The monoisotopic (exact) mass is 469 g/mol. The van der Waals surface area contributed by atoms with Crippen molar-refractivity contribution in [3.63, 3.8) is 0 Å². The Morgan fingerprint density at radius 1 is 1.09 bits per heavy atom. The summed E-state index contributed by atoms with van der Waals surface area (Å²) in [6.45, 7) is 1.87. The third-order valence-corrected chi connectivity index (χ3v) is 6.95. The number of carbonyl (C=O) groups is 1. The van der Waals surface area contributed by atoms with Gasteiger partial charge < -0.3 is 9.14 Å². The zero-order chi connectivity index (χ0) is 22.9. The van der Waals surface area contributed by atoms with Crippen LogP contribution < -0.4 is 4.31 Å². The van der Waals surface area contributed by atoms with Crippen LogP contribution in [0.1, 0.15) is 21.6 Å². The maximum atomic E-state index is 13.0. The van der Waals surface area contributed by atoms with E-state index >= 15 is 0 Å². The molecule has 0 bridgehead atoms. The summed E-state index contributed by atoms with van der Waals surface area (Å²) in [5.74, 6) is -0.643. The van der Waals surface area contributed by atoms with E-state index in [1.165, 1.54) is 35.6 Å². The molecule has 0 unspecified atom stereocenters. The molecular formula is C23H20ClN3O4S. The number of ether oxygens (including phenoxy) is 1. The van der Waals surface area contributed by atoms with E-state index in [-0.39, 0.29) is 17.1 Å². The summed E-state index contributed by atoms with van der Waals surface area (Å²) in [4.78, 5) is 16.9. The zero-order valence-corrected chi connectivity index (χ0v) is 19.0. The van der Waals surface area contributed by atoms with Crippen LogP contribution in [0.2, 0.25) is 5.02 Å². The fourth-order valence-corrected chi connectivity index (χ4v) is 4.55. The van der Waals surface area contributed by atoms with E-state index in [2.05, 4.69) is 4.98 Å². The lowest BCUT2D eigenvalue weighted by Crippen LogP contribution is -2.26. The lowest BCUT2D eigenvalue weighted by atomic mass is 10.2. The van der Waals surface area contributed by atoms with Gasteiger partial charge in [-0.25, -0.2) is 18.2 Å². The van der Waals surface area contributed by atoms with Gasteiger partial charge in [-0.05, 0) is 49.4 Å². The number of anilines is 1. The van der Waals surface area contributed by atoms with Gasteiger partial charge in [-0.1, -0.05) is 35.4 Å². The average Bonchev–Trinajstić information content (AvgIpc) is 3.19. The number of halogens is 1. The molecule has 4 rings (SSSR count). The number of carbonyl (C=O) groups excluding carboxylic acids is 1. The van der Waals surface area contributed by atoms with Crippen molar-refractivity contribution in [3.05, 3.63) is 94.9 Å². The van der Waals surface area contributed by atoms with Gasteiger partial charge in [-0.15, -0.1) is 0 Å². The molecule has 0 radical (unpaired) electrons. The number of esters is 1. The summed E-state index contributed by atoms with van der Waals surface area (Å²) in [5.41, 5.74) is 2.90. The molecule has 9 heteroatoms. The first-order chi connectivity index (χ1) is 15.2. The van der Waals surface area contributed by atoms with Crippen molar-refractivity contribution in [2.24, 2.45) is 0 Å². The lowest BCUT2D eigenvalue weighted by molar-refractivity contribution is 0.0468. The van der Waals surface area contributed by atoms with Gasteiger partial charge in [0, 0.05) is 19.4 Å². The summed E-state index contributed by atoms with van der Waals surface area (Å²) < 4.78 is 34.4. The van der Waals surface area contributed by atoms with E-state index in [4.69, 9.17) is 16.3 Å². The van der Waals surface area contributed by atoms with Crippen LogP contribution in [0, 0.1) is 6.92 Å². The molecule has 0 aliphatic carbocycles. The fraction of sp³-hybridized carbons (Fsp3) is 0.130. The van der Waals surface area contributed by atoms with Crippen LogP contribution >= 0.6 is 11.6 Å². The van der Waals surface area contributed by atoms with Crippen molar-refractivity contribution in [2.45, 2.75) is 18.4 Å². The number of nitrogens with zero attached hydrogens (tertiary/aromatic N) is 3. The molecule has 164 valence electrons. The summed E-state index contributed by atoms with van der Waals surface area (Å²) in [6, 6.07) is 16.4. The molecule has 0 amide bonds. The second kappa shape index (κ2) is 8.64. The number of hydrogen-bond donors (Lipinski definition) is 0. The van der Waals surface area contributed by atoms with Crippen LogP contribution in [0.25, 0.3) is 5.65 Å². The first-order valence-corrected chi connectivity index (χ1v) is 11.5. The molecule has 0 saturated carbocycles. The highest BCUT2D eigenvalue weighted by atomic mass is 35.5. The number of pyridine rings is 1. The molecule has 0 N–H and O–H groups in total. The highest BCUT2D eigenvalue weighted by Gasteiger charge is 2.23. The highest BCUT2D eigenvalue weighted by molar-refractivity contribution is 7.92. The minimum atomic E-state index is -3.85. The van der Waals surface area contributed by atoms with Gasteiger partial charge in [0.05, 0.1) is 26.9 Å². The number of fused-ring (bicyclic) bond motifs is 1. The van der Waals surface area contributed by atoms with E-state index < -0.39 is 16.0 Å². The number of hydrogen-bond acceptors (Lipinski definition) is 5. The van der Waals surface area contributed by atoms with Gasteiger partial charge >= 0.3 is 5.97 Å². The van der Waals surface area contributed by atoms with Crippen LogP contribution in [0.5, 0.6) is 0 Å². The van der Waals surface area contributed by atoms with Crippen molar-refractivity contribution in [3.8, 4) is 0 Å². The Bertz CT molecular complexity index is 1400. The van der Waals surface area contributed by atoms with Crippen molar-refractivity contribution >= 4 is 38.9 Å². The molecule has 7 nitrogen and oxygen atoms in total. The predicted molar refractivity (Wildman–Crippen MR) is 123 cm³/mol. The maximum absolute atomic E-state index is 13.0. The zero-order valence-electron chi connectivity index (χ0n) is 17.4. The summed E-state index contributed by atoms with van der Waals surface area (Å²) in [5, 5.41) is 0.562. The Labute approximate surface area is 190 Å². The minimum Gasteiger partial charge on any atom is -0.456 e. The second-order valence-corrected chi connectivity index (χ2v) is 9.66. The number of aromatic nitrogens is 2. The molecule has 0 aliphatic heterocycles. The van der Waals surface area contributed by atoms with Gasteiger partial charge in [0.25, 0.3) is 10.0 Å². The molecule has 2 aromatic carbocycles. The van der Waals surface area contributed by atoms with E-state index in [1.807, 2.05) is 19.1 Å². The SMILES string of the molecule is Cc1ccc(N(C)S(=O)(=O)c2cccc(C(=O)OCc3cn4cc(Cl)ccc4n3)c2)cc1. The predicted octanol–water partition coefficient (Wildman–Crippen LogP) is 4.48. The van der Waals surface area contributed by atoms with E-state index in [1.54, 1.807) is 41.1 Å². The van der Waals surface area contributed by atoms with E-state index in [0.717, 1.165) is 5.56 Å². The number of sulfonamides is 1. The van der Waals surface area contributed by atoms with E-state index in [0.29, 0.717) is 22.1 Å². The number of aryl methyl sites for hydroxylation is 1. The topological polar surface area (TPSA) is 81.0 Å². The van der Waals surface area contributed by atoms with Crippen LogP contribution in [-0.4, -0.2) is 30.8 Å². The maximum Gasteiger partial charge on any atom is 0.338 e. The standard InChI is InChI=1S/C23H20ClN3O4S/c1-16-6-9-20(10-7-16)26(2)32(29,30)21-5-3-4-17(12-21)23(28)31-15-19-14-27-13-18(24)8-11-22(27)25-19/h3-14H,15H2,1-2H3. The molecular weight excluding hydrogens is 450 g/mol. The number of imidazole rings is 1. The summed E-state index contributed by atoms with van der Waals surface area (Å²) in [7, 11) is -2.38. The Morgan fingerprint density at radius 2 is 1.84 bits per heavy atom. The lowest BCUT2D eigenvalue weighted by Gasteiger charge is -2.20. The number of rotatable bonds is 6. The third kappa shape index (κ3) is 4.46. The van der Waals surface area contributed by atoms with Gasteiger partial charge in [0.1, 0.15) is 12.3 Å². The summed E-state index contributed by atoms with van der Waals surface area (Å²) >= 11 is 5.97. The molecule has 0 saturated heterocycles. The van der Waals surface area contributed by atoms with Crippen molar-refractivity contribution < 1.29 is 17.9 Å². The molecule has 2 heterocycles. The molecule has 4 aromatic rings. The molecule has 32 heavy (non-hydrogen) atoms. The summed E-state index contributed by atoms with van der Waals surface area (Å²) in [6.07, 6.45) is 3.42. The fourth-order valence-electron chi connectivity index (χ4n) is 3.14. The van der Waals surface area contributed by atoms with Crippen LogP contribution in [-0.2, 0) is 21.4 Å². The highest BCUT2D eigenvalue weighted by Crippen LogP contribution is 2.23. The van der Waals surface area contributed by atoms with Crippen molar-refractivity contribution in [1.82, 2.24) is 9.38 Å². The molecule has 0 aliphatic rings.